The number of amides is 1. The summed E-state index contributed by atoms with van der Waals surface area (Å²) in [4.78, 5) is 12.3. The smallest absolute Gasteiger partial charge is 0.220 e. The maximum Gasteiger partial charge on any atom is 0.220 e. The molecule has 0 aliphatic rings. The molecular weight excluding hydrogens is 236 g/mol. The van der Waals surface area contributed by atoms with Crippen LogP contribution in [0.15, 0.2) is 23.1 Å². The van der Waals surface area contributed by atoms with Gasteiger partial charge in [0.2, 0.25) is 5.91 Å². The quantitative estimate of drug-likeness (QED) is 0.601. The Morgan fingerprint density at radius 3 is 2.94 bits per heavy atom. The van der Waals surface area contributed by atoms with Gasteiger partial charge in [-0.1, -0.05) is 0 Å². The van der Waals surface area contributed by atoms with E-state index in [1.54, 1.807) is 24.9 Å². The summed E-state index contributed by atoms with van der Waals surface area (Å²) in [5, 5.41) is 2.77. The van der Waals surface area contributed by atoms with E-state index in [9.17, 15) is 4.79 Å². The zero-order valence-corrected chi connectivity index (χ0v) is 11.0. The number of carbonyl (C=O) groups excluding carboxylic acids is 1. The van der Waals surface area contributed by atoms with Crippen molar-refractivity contribution in [1.82, 2.24) is 5.32 Å². The van der Waals surface area contributed by atoms with Crippen LogP contribution in [0.4, 0.5) is 5.69 Å². The first-order valence-corrected chi connectivity index (χ1v) is 6.49. The molecule has 0 spiro atoms. The van der Waals surface area contributed by atoms with Crippen molar-refractivity contribution in [2.24, 2.45) is 0 Å². The third kappa shape index (κ3) is 4.56. The van der Waals surface area contributed by atoms with Crippen molar-refractivity contribution in [2.75, 3.05) is 25.1 Å². The van der Waals surface area contributed by atoms with Crippen LogP contribution in [0.2, 0.25) is 0 Å². The Bertz CT molecular complexity index is 383. The highest BCUT2D eigenvalue weighted by molar-refractivity contribution is 7.99. The Balaban J connectivity index is 2.49. The number of carbonyl (C=O) groups is 1. The number of thioether (sulfide) groups is 1. The summed E-state index contributed by atoms with van der Waals surface area (Å²) < 4.78 is 5.23. The van der Waals surface area contributed by atoms with Crippen LogP contribution in [-0.4, -0.2) is 25.3 Å². The van der Waals surface area contributed by atoms with E-state index < -0.39 is 0 Å². The highest BCUT2D eigenvalue weighted by atomic mass is 32.2. The molecule has 17 heavy (non-hydrogen) atoms. The summed E-state index contributed by atoms with van der Waals surface area (Å²) in [5.41, 5.74) is 6.34. The molecule has 0 saturated carbocycles. The predicted octanol–water partition coefficient (Wildman–Crippen LogP) is 1.90. The fraction of sp³-hybridized carbons (Fsp3) is 0.417. The number of anilines is 1. The second-order valence-corrected chi connectivity index (χ2v) is 4.60. The van der Waals surface area contributed by atoms with Crippen molar-refractivity contribution >= 4 is 23.4 Å². The third-order valence-electron chi connectivity index (χ3n) is 2.15. The zero-order chi connectivity index (χ0) is 12.7. The van der Waals surface area contributed by atoms with E-state index in [1.807, 2.05) is 19.1 Å². The molecule has 0 unspecified atom stereocenters. The highest BCUT2D eigenvalue weighted by Gasteiger charge is 2.05. The second-order valence-electron chi connectivity index (χ2n) is 3.46. The van der Waals surface area contributed by atoms with E-state index in [1.165, 1.54) is 0 Å². The van der Waals surface area contributed by atoms with E-state index in [2.05, 4.69) is 5.32 Å². The molecule has 0 heterocycles. The molecule has 0 aromatic heterocycles. The van der Waals surface area contributed by atoms with Gasteiger partial charge in [0.15, 0.2) is 0 Å². The summed E-state index contributed by atoms with van der Waals surface area (Å²) in [7, 11) is 1.61. The lowest BCUT2D eigenvalue weighted by atomic mass is 10.3. The minimum Gasteiger partial charge on any atom is -0.496 e. The maximum atomic E-state index is 11.3. The summed E-state index contributed by atoms with van der Waals surface area (Å²) in [5.74, 6) is 1.56. The molecule has 5 heteroatoms. The fourth-order valence-electron chi connectivity index (χ4n) is 1.34. The van der Waals surface area contributed by atoms with Crippen LogP contribution >= 0.6 is 11.8 Å². The van der Waals surface area contributed by atoms with Crippen molar-refractivity contribution in [3.8, 4) is 5.75 Å². The number of nitrogens with two attached hydrogens (primary N) is 1. The van der Waals surface area contributed by atoms with Gasteiger partial charge in [-0.15, -0.1) is 11.8 Å². The lowest BCUT2D eigenvalue weighted by Crippen LogP contribution is -2.22. The van der Waals surface area contributed by atoms with Crippen molar-refractivity contribution in [3.05, 3.63) is 18.2 Å². The molecule has 0 fully saturated rings. The Morgan fingerprint density at radius 2 is 2.29 bits per heavy atom. The minimum atomic E-state index is 0.0782. The number of rotatable bonds is 6. The van der Waals surface area contributed by atoms with Gasteiger partial charge in [-0.25, -0.2) is 0 Å². The van der Waals surface area contributed by atoms with Crippen LogP contribution in [0, 0.1) is 0 Å². The number of methoxy groups -OCH3 is 1. The van der Waals surface area contributed by atoms with Crippen LogP contribution in [0.1, 0.15) is 13.3 Å². The van der Waals surface area contributed by atoms with Gasteiger partial charge in [-0.3, -0.25) is 4.79 Å². The molecule has 94 valence electrons. The third-order valence-corrected chi connectivity index (χ3v) is 3.20. The van der Waals surface area contributed by atoms with Crippen LogP contribution in [0.5, 0.6) is 5.75 Å². The molecule has 4 nitrogen and oxygen atoms in total. The summed E-state index contributed by atoms with van der Waals surface area (Å²) >= 11 is 1.59. The van der Waals surface area contributed by atoms with E-state index in [4.69, 9.17) is 10.5 Å². The molecule has 0 saturated heterocycles. The summed E-state index contributed by atoms with van der Waals surface area (Å²) in [6, 6.07) is 5.53. The fourth-order valence-corrected chi connectivity index (χ4v) is 2.30. The first-order valence-electron chi connectivity index (χ1n) is 5.50. The van der Waals surface area contributed by atoms with Crippen LogP contribution < -0.4 is 15.8 Å². The van der Waals surface area contributed by atoms with Crippen molar-refractivity contribution in [1.29, 1.82) is 0 Å². The molecule has 1 rings (SSSR count). The molecule has 1 aromatic rings. The minimum absolute atomic E-state index is 0.0782. The number of nitrogens with one attached hydrogen (secondary N) is 1. The van der Waals surface area contributed by atoms with E-state index in [0.717, 1.165) is 16.4 Å². The first-order chi connectivity index (χ1) is 8.17. The number of ether oxygens (including phenoxy) is 1. The lowest BCUT2D eigenvalue weighted by Gasteiger charge is -2.08. The maximum absolute atomic E-state index is 11.3. The topological polar surface area (TPSA) is 64.4 Å². The second kappa shape index (κ2) is 7.06. The van der Waals surface area contributed by atoms with Crippen molar-refractivity contribution in [3.63, 3.8) is 0 Å². The van der Waals surface area contributed by atoms with Crippen molar-refractivity contribution in [2.45, 2.75) is 18.2 Å². The molecular formula is C12H18N2O2S. The molecule has 1 amide bonds. The first kappa shape index (κ1) is 13.7. The lowest BCUT2D eigenvalue weighted by molar-refractivity contribution is -0.120. The van der Waals surface area contributed by atoms with Gasteiger partial charge in [0.25, 0.3) is 0 Å². The van der Waals surface area contributed by atoms with E-state index in [0.29, 0.717) is 18.7 Å². The van der Waals surface area contributed by atoms with Crippen molar-refractivity contribution < 1.29 is 9.53 Å². The van der Waals surface area contributed by atoms with Gasteiger partial charge in [0.05, 0.1) is 7.11 Å². The normalized spacial score (nSPS) is 10.0. The van der Waals surface area contributed by atoms with Gasteiger partial charge in [0.1, 0.15) is 5.75 Å². The van der Waals surface area contributed by atoms with Gasteiger partial charge >= 0.3 is 0 Å². The van der Waals surface area contributed by atoms with Gasteiger partial charge in [-0.2, -0.15) is 0 Å². The molecule has 0 radical (unpaired) electrons. The van der Waals surface area contributed by atoms with Crippen LogP contribution in [0.3, 0.4) is 0 Å². The standard InChI is InChI=1S/C12H18N2O2S/c1-3-14-12(15)6-7-17-11-5-4-9(13)8-10(11)16-2/h4-5,8H,3,6-7,13H2,1-2H3,(H,14,15). The van der Waals surface area contributed by atoms with Crippen LogP contribution in [0.25, 0.3) is 0 Å². The molecule has 0 atom stereocenters. The number of hydrogen-bond donors (Lipinski definition) is 2. The Hall–Kier alpha value is -1.36. The Morgan fingerprint density at radius 1 is 1.53 bits per heavy atom. The predicted molar refractivity (Wildman–Crippen MR) is 71.4 cm³/mol. The van der Waals surface area contributed by atoms with Crippen LogP contribution in [-0.2, 0) is 4.79 Å². The monoisotopic (exact) mass is 254 g/mol. The molecule has 0 aliphatic carbocycles. The molecule has 3 N–H and O–H groups in total. The summed E-state index contributed by atoms with van der Waals surface area (Å²) in [6.45, 7) is 2.59. The van der Waals surface area contributed by atoms with E-state index in [-0.39, 0.29) is 5.91 Å². The largest absolute Gasteiger partial charge is 0.496 e. The Labute approximate surface area is 106 Å². The highest BCUT2D eigenvalue weighted by Crippen LogP contribution is 2.31. The van der Waals surface area contributed by atoms with Gasteiger partial charge < -0.3 is 15.8 Å². The molecule has 0 bridgehead atoms. The SMILES string of the molecule is CCNC(=O)CCSc1ccc(N)cc1OC. The number of nitrogen functional groups attached to an aromatic ring is 1. The molecule has 1 aromatic carbocycles. The average molecular weight is 254 g/mol. The Kier molecular flexibility index (Phi) is 5.69. The van der Waals surface area contributed by atoms with Gasteiger partial charge in [0, 0.05) is 35.4 Å². The summed E-state index contributed by atoms with van der Waals surface area (Å²) in [6.07, 6.45) is 0.506. The zero-order valence-electron chi connectivity index (χ0n) is 10.2. The number of benzene rings is 1. The van der Waals surface area contributed by atoms with E-state index >= 15 is 0 Å². The number of hydrogen-bond acceptors (Lipinski definition) is 4. The average Bonchev–Trinajstić information content (AvgIpc) is 2.31. The van der Waals surface area contributed by atoms with Gasteiger partial charge in [-0.05, 0) is 19.1 Å². The molecule has 0 aliphatic heterocycles.